The van der Waals surface area contributed by atoms with Gasteiger partial charge in [0.2, 0.25) is 0 Å². The van der Waals surface area contributed by atoms with E-state index in [-0.39, 0.29) is 24.3 Å². The zero-order valence-corrected chi connectivity index (χ0v) is 21.2. The molecule has 1 aromatic carbocycles. The van der Waals surface area contributed by atoms with Crippen molar-refractivity contribution in [3.05, 3.63) is 63.0 Å². The number of benzene rings is 1. The average molecular weight is 515 g/mol. The van der Waals surface area contributed by atoms with E-state index in [2.05, 4.69) is 5.16 Å². The van der Waals surface area contributed by atoms with Crippen LogP contribution in [-0.4, -0.2) is 59.4 Å². The lowest BCUT2D eigenvalue weighted by molar-refractivity contribution is -0.149. The van der Waals surface area contributed by atoms with Crippen molar-refractivity contribution in [2.24, 2.45) is 5.92 Å². The second kappa shape index (κ2) is 11.0. The lowest BCUT2D eigenvalue weighted by Crippen LogP contribution is -2.40. The van der Waals surface area contributed by atoms with Crippen LogP contribution in [0.4, 0.5) is 0 Å². The molecule has 0 radical (unpaired) electrons. The molecule has 0 unspecified atom stereocenters. The molecule has 184 valence electrons. The molecule has 3 heterocycles. The fourth-order valence-corrected chi connectivity index (χ4v) is 5.06. The Bertz CT molecular complexity index is 1200. The minimum atomic E-state index is -0.138. The van der Waals surface area contributed by atoms with Gasteiger partial charge in [0, 0.05) is 37.3 Å². The molecule has 0 atom stereocenters. The van der Waals surface area contributed by atoms with Crippen LogP contribution in [0.15, 0.2) is 47.0 Å². The number of ether oxygens (including phenoxy) is 1. The van der Waals surface area contributed by atoms with E-state index in [0.717, 1.165) is 11.1 Å². The maximum Gasteiger partial charge on any atom is 0.309 e. The number of carbonyl (C=O) groups is 2. The highest BCUT2D eigenvalue weighted by molar-refractivity contribution is 7.17. The maximum absolute atomic E-state index is 12.5. The molecule has 1 aliphatic rings. The Balaban J connectivity index is 1.34. The van der Waals surface area contributed by atoms with Crippen molar-refractivity contribution in [1.29, 1.82) is 5.41 Å². The smallest absolute Gasteiger partial charge is 0.309 e. The van der Waals surface area contributed by atoms with Crippen LogP contribution in [-0.2, 0) is 16.1 Å². The molecule has 2 aromatic heterocycles. The van der Waals surface area contributed by atoms with Crippen LogP contribution in [0.25, 0.3) is 11.3 Å². The molecule has 0 saturated carbocycles. The van der Waals surface area contributed by atoms with Crippen molar-refractivity contribution in [1.82, 2.24) is 15.0 Å². The number of amidine groups is 1. The summed E-state index contributed by atoms with van der Waals surface area (Å²) >= 11 is 7.17. The van der Waals surface area contributed by atoms with Crippen molar-refractivity contribution < 1.29 is 18.8 Å². The zero-order valence-electron chi connectivity index (χ0n) is 19.6. The lowest BCUT2D eigenvalue weighted by Gasteiger charge is -2.32. The number of nitrogens with one attached hydrogen (secondary N) is 1. The summed E-state index contributed by atoms with van der Waals surface area (Å²) < 4.78 is 11.1. The highest BCUT2D eigenvalue weighted by Crippen LogP contribution is 2.25. The number of rotatable bonds is 7. The van der Waals surface area contributed by atoms with E-state index >= 15 is 0 Å². The molecule has 3 aromatic rings. The summed E-state index contributed by atoms with van der Waals surface area (Å²) in [6.45, 7) is 3.80. The number of amides is 1. The van der Waals surface area contributed by atoms with Gasteiger partial charge in [-0.1, -0.05) is 41.0 Å². The lowest BCUT2D eigenvalue weighted by atomic mass is 9.96. The maximum atomic E-state index is 12.5. The van der Waals surface area contributed by atoms with Crippen LogP contribution in [0.2, 0.25) is 4.34 Å². The predicted molar refractivity (Wildman–Crippen MR) is 135 cm³/mol. The predicted octanol–water partition coefficient (Wildman–Crippen LogP) is 4.93. The summed E-state index contributed by atoms with van der Waals surface area (Å²) in [7, 11) is 1.70. The SMILES string of the molecule is CCOC(=O)C1CCN(C(=N)c2ccc(-c3cc(CN(C)C(=O)c4ccc(Cl)s4)on3)cc2)CC1. The van der Waals surface area contributed by atoms with E-state index in [1.807, 2.05) is 42.2 Å². The Morgan fingerprint density at radius 1 is 1.23 bits per heavy atom. The van der Waals surface area contributed by atoms with Gasteiger partial charge in [-0.25, -0.2) is 0 Å². The average Bonchev–Trinajstić information content (AvgIpc) is 3.52. The molecule has 10 heteroatoms. The Morgan fingerprint density at radius 2 is 1.94 bits per heavy atom. The molecule has 35 heavy (non-hydrogen) atoms. The summed E-state index contributed by atoms with van der Waals surface area (Å²) in [4.78, 5) is 28.6. The molecule has 1 N–H and O–H groups in total. The molecule has 1 fully saturated rings. The topological polar surface area (TPSA) is 99.7 Å². The van der Waals surface area contributed by atoms with Crippen LogP contribution < -0.4 is 0 Å². The first-order valence-electron chi connectivity index (χ1n) is 11.4. The number of likely N-dealkylation sites (tertiary alicyclic amines) is 1. The van der Waals surface area contributed by atoms with E-state index in [0.29, 0.717) is 59.0 Å². The second-order valence-electron chi connectivity index (χ2n) is 8.38. The van der Waals surface area contributed by atoms with Gasteiger partial charge in [0.25, 0.3) is 5.91 Å². The first-order chi connectivity index (χ1) is 16.9. The molecule has 0 aliphatic carbocycles. The number of esters is 1. The summed E-state index contributed by atoms with van der Waals surface area (Å²) in [6, 6.07) is 12.8. The van der Waals surface area contributed by atoms with Gasteiger partial charge in [-0.15, -0.1) is 11.3 Å². The van der Waals surface area contributed by atoms with E-state index in [1.165, 1.54) is 11.3 Å². The normalized spacial score (nSPS) is 14.1. The van der Waals surface area contributed by atoms with Crippen molar-refractivity contribution in [3.8, 4) is 11.3 Å². The Labute approximate surface area is 212 Å². The van der Waals surface area contributed by atoms with Gasteiger partial charge in [0.1, 0.15) is 11.5 Å². The third kappa shape index (κ3) is 5.91. The van der Waals surface area contributed by atoms with Gasteiger partial charge in [-0.05, 0) is 31.9 Å². The largest absolute Gasteiger partial charge is 0.466 e. The molecule has 0 bridgehead atoms. The Hall–Kier alpha value is -3.17. The van der Waals surface area contributed by atoms with Crippen LogP contribution in [0.5, 0.6) is 0 Å². The summed E-state index contributed by atoms with van der Waals surface area (Å²) in [5, 5.41) is 12.7. The standard InChI is InChI=1S/C25H27ClN4O4S/c1-3-33-25(32)18-10-12-30(13-11-18)23(27)17-6-4-16(5-7-17)20-14-19(34-28-20)15-29(2)24(31)21-8-9-22(26)35-21/h4-9,14,18,27H,3,10-13,15H2,1-2H3. The number of nitrogens with zero attached hydrogens (tertiary/aromatic N) is 3. The molecule has 1 aliphatic heterocycles. The number of halogens is 1. The monoisotopic (exact) mass is 514 g/mol. The fourth-order valence-electron chi connectivity index (χ4n) is 4.03. The van der Waals surface area contributed by atoms with Gasteiger partial charge in [-0.2, -0.15) is 0 Å². The number of aromatic nitrogens is 1. The van der Waals surface area contributed by atoms with Crippen molar-refractivity contribution in [2.75, 3.05) is 26.7 Å². The molecule has 1 saturated heterocycles. The van der Waals surface area contributed by atoms with Gasteiger partial charge in [0.15, 0.2) is 5.76 Å². The summed E-state index contributed by atoms with van der Waals surface area (Å²) in [5.41, 5.74) is 2.32. The molecule has 8 nitrogen and oxygen atoms in total. The quantitative estimate of drug-likeness (QED) is 0.272. The van der Waals surface area contributed by atoms with Gasteiger partial charge in [0.05, 0.1) is 28.3 Å². The number of carbonyl (C=O) groups excluding carboxylic acids is 2. The first kappa shape index (κ1) is 24.9. The van der Waals surface area contributed by atoms with Gasteiger partial charge < -0.3 is 19.1 Å². The summed E-state index contributed by atoms with van der Waals surface area (Å²) in [6.07, 6.45) is 1.38. The van der Waals surface area contributed by atoms with E-state index in [9.17, 15) is 9.59 Å². The zero-order chi connectivity index (χ0) is 24.9. The molecule has 0 spiro atoms. The van der Waals surface area contributed by atoms with Gasteiger partial charge >= 0.3 is 5.97 Å². The first-order valence-corrected chi connectivity index (χ1v) is 12.6. The van der Waals surface area contributed by atoms with E-state index < -0.39 is 0 Å². The third-order valence-corrected chi connectivity index (χ3v) is 7.19. The highest BCUT2D eigenvalue weighted by Gasteiger charge is 2.27. The van der Waals surface area contributed by atoms with Gasteiger partial charge in [-0.3, -0.25) is 15.0 Å². The summed E-state index contributed by atoms with van der Waals surface area (Å²) in [5.74, 6) is 0.656. The third-order valence-electron chi connectivity index (χ3n) is 5.97. The van der Waals surface area contributed by atoms with E-state index in [4.69, 9.17) is 26.3 Å². The molecular weight excluding hydrogens is 488 g/mol. The fraction of sp³-hybridized carbons (Fsp3) is 0.360. The minimum Gasteiger partial charge on any atom is -0.466 e. The molecular formula is C25H27ClN4O4S. The van der Waals surface area contributed by atoms with Crippen LogP contribution >= 0.6 is 22.9 Å². The molecule has 4 rings (SSSR count). The number of thiophene rings is 1. The number of hydrogen-bond donors (Lipinski definition) is 1. The molecule has 1 amide bonds. The van der Waals surface area contributed by atoms with Crippen LogP contribution in [0, 0.1) is 11.3 Å². The number of hydrogen-bond acceptors (Lipinski definition) is 7. The minimum absolute atomic E-state index is 0.0832. The number of piperidine rings is 1. The van der Waals surface area contributed by atoms with Crippen LogP contribution in [0.3, 0.4) is 0 Å². The van der Waals surface area contributed by atoms with Crippen molar-refractivity contribution in [3.63, 3.8) is 0 Å². The van der Waals surface area contributed by atoms with Crippen molar-refractivity contribution >= 4 is 40.6 Å². The van der Waals surface area contributed by atoms with E-state index in [1.54, 1.807) is 24.1 Å². The second-order valence-corrected chi connectivity index (χ2v) is 10.1. The highest BCUT2D eigenvalue weighted by atomic mass is 35.5. The Kier molecular flexibility index (Phi) is 7.87. The Morgan fingerprint density at radius 3 is 2.57 bits per heavy atom. The van der Waals surface area contributed by atoms with Crippen LogP contribution in [0.1, 0.15) is 40.8 Å². The van der Waals surface area contributed by atoms with Crippen molar-refractivity contribution in [2.45, 2.75) is 26.3 Å².